The lowest BCUT2D eigenvalue weighted by Crippen LogP contribution is -2.13. The lowest BCUT2D eigenvalue weighted by Gasteiger charge is -2.11. The van der Waals surface area contributed by atoms with Crippen molar-refractivity contribution in [3.8, 4) is 0 Å². The number of nitrogens with zero attached hydrogens (tertiary/aromatic N) is 1. The maximum Gasteiger partial charge on any atom is 0.0957 e. The van der Waals surface area contributed by atoms with Crippen molar-refractivity contribution in [3.63, 3.8) is 0 Å². The number of hydrogen-bond donors (Lipinski definition) is 1. The first-order chi connectivity index (χ1) is 9.63. The van der Waals surface area contributed by atoms with Crippen LogP contribution in [0.2, 0.25) is 5.02 Å². The number of rotatable bonds is 3. The molecule has 0 aliphatic heterocycles. The van der Waals surface area contributed by atoms with Crippen LogP contribution in [0.15, 0.2) is 42.5 Å². The Morgan fingerprint density at radius 1 is 1.25 bits per heavy atom. The van der Waals surface area contributed by atoms with E-state index in [-0.39, 0.29) is 6.04 Å². The highest BCUT2D eigenvalue weighted by molar-refractivity contribution is 7.18. The van der Waals surface area contributed by atoms with E-state index in [0.717, 1.165) is 33.1 Å². The SMILES string of the molecule is Cc1ccc(C(N)Cc2nc3ccccc3s2)cc1Cl. The number of nitrogens with two attached hydrogens (primary N) is 1. The van der Waals surface area contributed by atoms with Gasteiger partial charge < -0.3 is 5.73 Å². The first-order valence-corrected chi connectivity index (χ1v) is 7.69. The normalized spacial score (nSPS) is 12.8. The molecule has 20 heavy (non-hydrogen) atoms. The van der Waals surface area contributed by atoms with Crippen molar-refractivity contribution in [2.24, 2.45) is 5.73 Å². The Morgan fingerprint density at radius 2 is 2.05 bits per heavy atom. The number of benzene rings is 2. The fraction of sp³-hybridized carbons (Fsp3) is 0.188. The average molecular weight is 303 g/mol. The molecule has 2 N–H and O–H groups in total. The van der Waals surface area contributed by atoms with Crippen molar-refractivity contribution in [1.29, 1.82) is 0 Å². The summed E-state index contributed by atoms with van der Waals surface area (Å²) in [5, 5.41) is 1.83. The molecular formula is C16H15ClN2S. The van der Waals surface area contributed by atoms with E-state index >= 15 is 0 Å². The Hall–Kier alpha value is -1.42. The van der Waals surface area contributed by atoms with Gasteiger partial charge in [0, 0.05) is 17.5 Å². The van der Waals surface area contributed by atoms with Gasteiger partial charge >= 0.3 is 0 Å². The van der Waals surface area contributed by atoms with Gasteiger partial charge in [0.05, 0.1) is 15.2 Å². The molecule has 0 aliphatic rings. The third-order valence-electron chi connectivity index (χ3n) is 3.36. The molecule has 1 atom stereocenters. The van der Waals surface area contributed by atoms with Crippen molar-refractivity contribution < 1.29 is 0 Å². The van der Waals surface area contributed by atoms with Gasteiger partial charge in [-0.25, -0.2) is 4.98 Å². The van der Waals surface area contributed by atoms with Crippen LogP contribution in [-0.4, -0.2) is 4.98 Å². The van der Waals surface area contributed by atoms with Gasteiger partial charge in [0.15, 0.2) is 0 Å². The van der Waals surface area contributed by atoms with Crippen LogP contribution >= 0.6 is 22.9 Å². The van der Waals surface area contributed by atoms with Crippen LogP contribution in [0.1, 0.15) is 22.2 Å². The summed E-state index contributed by atoms with van der Waals surface area (Å²) in [6.45, 7) is 1.99. The Kier molecular flexibility index (Phi) is 3.74. The van der Waals surface area contributed by atoms with E-state index < -0.39 is 0 Å². The zero-order chi connectivity index (χ0) is 14.1. The molecule has 0 bridgehead atoms. The van der Waals surface area contributed by atoms with Gasteiger partial charge in [0.25, 0.3) is 0 Å². The van der Waals surface area contributed by atoms with Crippen LogP contribution in [0, 0.1) is 6.92 Å². The van der Waals surface area contributed by atoms with Crippen LogP contribution in [0.4, 0.5) is 0 Å². The minimum absolute atomic E-state index is 0.0753. The van der Waals surface area contributed by atoms with Gasteiger partial charge in [-0.2, -0.15) is 0 Å². The van der Waals surface area contributed by atoms with Gasteiger partial charge in [-0.1, -0.05) is 35.9 Å². The summed E-state index contributed by atoms with van der Waals surface area (Å²) in [4.78, 5) is 4.62. The summed E-state index contributed by atoms with van der Waals surface area (Å²) >= 11 is 7.86. The Balaban J connectivity index is 1.84. The maximum atomic E-state index is 6.28. The molecular weight excluding hydrogens is 288 g/mol. The van der Waals surface area contributed by atoms with Crippen LogP contribution in [0.3, 0.4) is 0 Å². The van der Waals surface area contributed by atoms with E-state index in [1.54, 1.807) is 11.3 Å². The molecule has 1 heterocycles. The minimum Gasteiger partial charge on any atom is -0.324 e. The van der Waals surface area contributed by atoms with E-state index in [2.05, 4.69) is 11.1 Å². The van der Waals surface area contributed by atoms with Crippen LogP contribution in [0.25, 0.3) is 10.2 Å². The summed E-state index contributed by atoms with van der Waals surface area (Å²) in [5.41, 5.74) is 9.45. The molecule has 0 spiro atoms. The number of fused-ring (bicyclic) bond motifs is 1. The van der Waals surface area contributed by atoms with Crippen molar-refractivity contribution in [2.75, 3.05) is 0 Å². The second-order valence-corrected chi connectivity index (χ2v) is 6.42. The summed E-state index contributed by atoms with van der Waals surface area (Å²) in [6.07, 6.45) is 0.735. The molecule has 1 unspecified atom stereocenters. The molecule has 0 saturated carbocycles. The van der Waals surface area contributed by atoms with Gasteiger partial charge in [-0.05, 0) is 36.2 Å². The first kappa shape index (κ1) is 13.6. The highest BCUT2D eigenvalue weighted by atomic mass is 35.5. The molecule has 3 rings (SSSR count). The molecule has 4 heteroatoms. The Bertz CT molecular complexity index is 718. The number of halogens is 1. The third-order valence-corrected chi connectivity index (χ3v) is 4.82. The molecule has 1 aromatic heterocycles. The van der Waals surface area contributed by atoms with Crippen molar-refractivity contribution >= 4 is 33.2 Å². The molecule has 2 aromatic carbocycles. The summed E-state index contributed by atoms with van der Waals surface area (Å²) in [6, 6.07) is 14.1. The lowest BCUT2D eigenvalue weighted by atomic mass is 10.0. The van der Waals surface area contributed by atoms with Gasteiger partial charge in [0.2, 0.25) is 0 Å². The van der Waals surface area contributed by atoms with Gasteiger partial charge in [-0.15, -0.1) is 11.3 Å². The lowest BCUT2D eigenvalue weighted by molar-refractivity contribution is 0.719. The molecule has 0 amide bonds. The van der Waals surface area contributed by atoms with Crippen LogP contribution in [0.5, 0.6) is 0 Å². The quantitative estimate of drug-likeness (QED) is 0.773. The molecule has 0 saturated heterocycles. The highest BCUT2D eigenvalue weighted by Crippen LogP contribution is 2.26. The molecule has 0 radical (unpaired) electrons. The summed E-state index contributed by atoms with van der Waals surface area (Å²) in [7, 11) is 0. The molecule has 3 aromatic rings. The predicted molar refractivity (Wildman–Crippen MR) is 86.4 cm³/mol. The van der Waals surface area contributed by atoms with E-state index in [9.17, 15) is 0 Å². The van der Waals surface area contributed by atoms with Crippen LogP contribution in [-0.2, 0) is 6.42 Å². The fourth-order valence-electron chi connectivity index (χ4n) is 2.15. The van der Waals surface area contributed by atoms with Crippen LogP contribution < -0.4 is 5.73 Å². The fourth-order valence-corrected chi connectivity index (χ4v) is 3.37. The van der Waals surface area contributed by atoms with Gasteiger partial charge in [-0.3, -0.25) is 0 Å². The summed E-state index contributed by atoms with van der Waals surface area (Å²) < 4.78 is 1.21. The topological polar surface area (TPSA) is 38.9 Å². The zero-order valence-corrected chi connectivity index (χ0v) is 12.7. The van der Waals surface area contributed by atoms with Crippen molar-refractivity contribution in [2.45, 2.75) is 19.4 Å². The molecule has 0 aliphatic carbocycles. The number of thiazole rings is 1. The number of hydrogen-bond acceptors (Lipinski definition) is 3. The predicted octanol–water partition coefficient (Wildman–Crippen LogP) is 4.50. The van der Waals surface area contributed by atoms with E-state index in [1.807, 2.05) is 43.3 Å². The molecule has 102 valence electrons. The average Bonchev–Trinajstić information content (AvgIpc) is 2.83. The number of para-hydroxylation sites is 1. The maximum absolute atomic E-state index is 6.28. The number of aromatic nitrogens is 1. The van der Waals surface area contributed by atoms with Crippen molar-refractivity contribution in [1.82, 2.24) is 4.98 Å². The van der Waals surface area contributed by atoms with Gasteiger partial charge in [0.1, 0.15) is 0 Å². The van der Waals surface area contributed by atoms with E-state index in [0.29, 0.717) is 0 Å². The third kappa shape index (κ3) is 2.70. The standard InChI is InChI=1S/C16H15ClN2S/c1-10-6-7-11(8-12(10)17)13(18)9-16-19-14-4-2-3-5-15(14)20-16/h2-8,13H,9,18H2,1H3. The largest absolute Gasteiger partial charge is 0.324 e. The second kappa shape index (κ2) is 5.52. The Labute approximate surface area is 127 Å². The molecule has 0 fully saturated rings. The summed E-state index contributed by atoms with van der Waals surface area (Å²) in [5.74, 6) is 0. The molecule has 2 nitrogen and oxygen atoms in total. The van der Waals surface area contributed by atoms with Crippen molar-refractivity contribution in [3.05, 3.63) is 63.6 Å². The minimum atomic E-state index is -0.0753. The Morgan fingerprint density at radius 3 is 2.80 bits per heavy atom. The zero-order valence-electron chi connectivity index (χ0n) is 11.1. The second-order valence-electron chi connectivity index (χ2n) is 4.89. The first-order valence-electron chi connectivity index (χ1n) is 6.49. The highest BCUT2D eigenvalue weighted by Gasteiger charge is 2.12. The number of aryl methyl sites for hydroxylation is 1. The smallest absolute Gasteiger partial charge is 0.0957 e. The monoisotopic (exact) mass is 302 g/mol. The van der Waals surface area contributed by atoms with E-state index in [1.165, 1.54) is 4.70 Å². The van der Waals surface area contributed by atoms with E-state index in [4.69, 9.17) is 17.3 Å².